The molecule has 0 aliphatic carbocycles. The van der Waals surface area contributed by atoms with E-state index in [1.807, 2.05) is 0 Å². The second kappa shape index (κ2) is 2.80. The van der Waals surface area contributed by atoms with Crippen molar-refractivity contribution < 1.29 is 8.42 Å². The summed E-state index contributed by atoms with van der Waals surface area (Å²) in [5.41, 5.74) is 0.759. The molecule has 5 nitrogen and oxygen atoms in total. The van der Waals surface area contributed by atoms with E-state index in [1.165, 1.54) is 6.33 Å². The Morgan fingerprint density at radius 1 is 1.25 bits per heavy atom. The summed E-state index contributed by atoms with van der Waals surface area (Å²) in [6.07, 6.45) is 1.30. The van der Waals surface area contributed by atoms with E-state index in [-0.39, 0.29) is 4.90 Å². The van der Waals surface area contributed by atoms with Crippen molar-refractivity contribution in [3.05, 3.63) is 17.7 Å². The fourth-order valence-corrected chi connectivity index (χ4v) is 1.92. The minimum Gasteiger partial charge on any atom is -0.240 e. The Hall–Kier alpha value is -1.01. The van der Waals surface area contributed by atoms with Crippen LogP contribution >= 0.6 is 0 Å². The zero-order valence-corrected chi connectivity index (χ0v) is 7.59. The first-order valence-corrected chi connectivity index (χ1v) is 4.78. The maximum absolute atomic E-state index is 11.0. The second-order valence-corrected chi connectivity index (χ2v) is 3.92. The maximum Gasteiger partial charge on any atom is 0.241 e. The molecule has 0 amide bonds. The largest absolute Gasteiger partial charge is 0.241 e. The van der Waals surface area contributed by atoms with Crippen LogP contribution in [0.1, 0.15) is 11.4 Å². The molecule has 12 heavy (non-hydrogen) atoms. The van der Waals surface area contributed by atoms with Crippen LogP contribution in [0.4, 0.5) is 0 Å². The van der Waals surface area contributed by atoms with Crippen molar-refractivity contribution in [2.45, 2.75) is 18.7 Å². The lowest BCUT2D eigenvalue weighted by molar-refractivity contribution is 0.595. The number of aryl methyl sites for hydroxylation is 2. The number of primary sulfonamides is 1. The van der Waals surface area contributed by atoms with Gasteiger partial charge >= 0.3 is 0 Å². The number of rotatable bonds is 1. The van der Waals surface area contributed by atoms with Crippen LogP contribution in [0, 0.1) is 13.8 Å². The molecule has 0 saturated heterocycles. The van der Waals surface area contributed by atoms with Crippen LogP contribution in [-0.4, -0.2) is 18.4 Å². The molecule has 2 N–H and O–H groups in total. The number of sulfonamides is 1. The molecule has 1 heterocycles. The average Bonchev–Trinajstić information content (AvgIpc) is 1.82. The van der Waals surface area contributed by atoms with Gasteiger partial charge in [-0.15, -0.1) is 0 Å². The molecule has 0 aromatic carbocycles. The molecule has 1 aromatic rings. The molecule has 0 radical (unpaired) electrons. The van der Waals surface area contributed by atoms with E-state index in [0.717, 1.165) is 0 Å². The van der Waals surface area contributed by atoms with Crippen LogP contribution in [0.3, 0.4) is 0 Å². The zero-order valence-electron chi connectivity index (χ0n) is 6.77. The average molecular weight is 187 g/mol. The van der Waals surface area contributed by atoms with Crippen molar-refractivity contribution in [2.24, 2.45) is 5.14 Å². The van der Waals surface area contributed by atoms with Crippen molar-refractivity contribution in [2.75, 3.05) is 0 Å². The highest BCUT2D eigenvalue weighted by atomic mass is 32.2. The molecular formula is C6H9N3O2S. The number of aromatic nitrogens is 2. The molecule has 0 fully saturated rings. The Balaban J connectivity index is 3.53. The predicted octanol–water partition coefficient (Wildman–Crippen LogP) is -0.259. The Morgan fingerprint density at radius 3 is 1.92 bits per heavy atom. The van der Waals surface area contributed by atoms with E-state index < -0.39 is 10.0 Å². The van der Waals surface area contributed by atoms with Crippen molar-refractivity contribution in [1.29, 1.82) is 0 Å². The number of hydrogen-bond donors (Lipinski definition) is 1. The molecule has 0 aliphatic heterocycles. The minimum absolute atomic E-state index is 0.0185. The predicted molar refractivity (Wildman–Crippen MR) is 42.9 cm³/mol. The van der Waals surface area contributed by atoms with Gasteiger partial charge in [0.25, 0.3) is 0 Å². The van der Waals surface area contributed by atoms with Crippen LogP contribution in [0.5, 0.6) is 0 Å². The van der Waals surface area contributed by atoms with Crippen molar-refractivity contribution in [3.8, 4) is 0 Å². The van der Waals surface area contributed by atoms with Crippen LogP contribution in [0.2, 0.25) is 0 Å². The molecule has 0 bridgehead atoms. The molecule has 0 aliphatic rings. The van der Waals surface area contributed by atoms with Gasteiger partial charge in [0.2, 0.25) is 10.0 Å². The van der Waals surface area contributed by atoms with Crippen molar-refractivity contribution in [3.63, 3.8) is 0 Å². The van der Waals surface area contributed by atoms with Crippen molar-refractivity contribution >= 4 is 10.0 Å². The molecule has 66 valence electrons. The lowest BCUT2D eigenvalue weighted by Crippen LogP contribution is -2.16. The Kier molecular flexibility index (Phi) is 2.12. The molecule has 0 saturated carbocycles. The highest BCUT2D eigenvalue weighted by Gasteiger charge is 2.15. The molecular weight excluding hydrogens is 178 g/mol. The highest BCUT2D eigenvalue weighted by Crippen LogP contribution is 2.12. The summed E-state index contributed by atoms with van der Waals surface area (Å²) < 4.78 is 21.9. The number of hydrogen-bond acceptors (Lipinski definition) is 4. The topological polar surface area (TPSA) is 85.9 Å². The lowest BCUT2D eigenvalue weighted by atomic mass is 10.4. The van der Waals surface area contributed by atoms with Gasteiger partial charge in [-0.05, 0) is 13.8 Å². The van der Waals surface area contributed by atoms with E-state index in [4.69, 9.17) is 5.14 Å². The van der Waals surface area contributed by atoms with E-state index in [9.17, 15) is 8.42 Å². The second-order valence-electron chi connectivity index (χ2n) is 2.42. The summed E-state index contributed by atoms with van der Waals surface area (Å²) in [4.78, 5) is 7.49. The van der Waals surface area contributed by atoms with Gasteiger partial charge in [-0.25, -0.2) is 23.5 Å². The Bertz CT molecular complexity index is 379. The van der Waals surface area contributed by atoms with Gasteiger partial charge < -0.3 is 0 Å². The third-order valence-corrected chi connectivity index (χ3v) is 2.60. The van der Waals surface area contributed by atoms with E-state index in [2.05, 4.69) is 9.97 Å². The van der Waals surface area contributed by atoms with E-state index >= 15 is 0 Å². The summed E-state index contributed by atoms with van der Waals surface area (Å²) in [6, 6.07) is 0. The third kappa shape index (κ3) is 1.59. The normalized spacial score (nSPS) is 11.6. The fourth-order valence-electron chi connectivity index (χ4n) is 0.993. The zero-order chi connectivity index (χ0) is 9.35. The molecule has 0 spiro atoms. The van der Waals surface area contributed by atoms with Gasteiger partial charge in [0.15, 0.2) is 0 Å². The summed E-state index contributed by atoms with van der Waals surface area (Å²) in [7, 11) is -3.69. The van der Waals surface area contributed by atoms with Crippen LogP contribution in [-0.2, 0) is 10.0 Å². The monoisotopic (exact) mass is 187 g/mol. The summed E-state index contributed by atoms with van der Waals surface area (Å²) in [6.45, 7) is 3.16. The highest BCUT2D eigenvalue weighted by molar-refractivity contribution is 7.89. The number of nitrogens with zero attached hydrogens (tertiary/aromatic N) is 2. The summed E-state index contributed by atoms with van der Waals surface area (Å²) >= 11 is 0. The molecule has 6 heteroatoms. The van der Waals surface area contributed by atoms with Gasteiger partial charge in [0.1, 0.15) is 11.2 Å². The third-order valence-electron chi connectivity index (χ3n) is 1.44. The number of nitrogens with two attached hydrogens (primary N) is 1. The van der Waals surface area contributed by atoms with Crippen LogP contribution < -0.4 is 5.14 Å². The minimum atomic E-state index is -3.69. The first-order chi connectivity index (χ1) is 5.43. The first kappa shape index (κ1) is 9.08. The standard InChI is InChI=1S/C6H9N3O2S/c1-4-6(12(7,10)11)5(2)9-3-8-4/h3H,1-2H3,(H2,7,10,11). The van der Waals surface area contributed by atoms with Crippen LogP contribution in [0.15, 0.2) is 11.2 Å². The van der Waals surface area contributed by atoms with E-state index in [1.54, 1.807) is 13.8 Å². The molecule has 1 rings (SSSR count). The Labute approximate surface area is 70.7 Å². The smallest absolute Gasteiger partial charge is 0.240 e. The first-order valence-electron chi connectivity index (χ1n) is 3.24. The van der Waals surface area contributed by atoms with Crippen molar-refractivity contribution in [1.82, 2.24) is 9.97 Å². The lowest BCUT2D eigenvalue weighted by Gasteiger charge is -2.03. The quantitative estimate of drug-likeness (QED) is 0.656. The van der Waals surface area contributed by atoms with Gasteiger partial charge in [0.05, 0.1) is 11.4 Å². The van der Waals surface area contributed by atoms with Gasteiger partial charge in [-0.2, -0.15) is 0 Å². The summed E-state index contributed by atoms with van der Waals surface area (Å²) in [5.74, 6) is 0. The SMILES string of the molecule is Cc1ncnc(C)c1S(N)(=O)=O. The van der Waals surface area contributed by atoms with Gasteiger partial charge in [-0.1, -0.05) is 0 Å². The van der Waals surface area contributed by atoms with Gasteiger partial charge in [0, 0.05) is 0 Å². The maximum atomic E-state index is 11.0. The van der Waals surface area contributed by atoms with Crippen LogP contribution in [0.25, 0.3) is 0 Å². The van der Waals surface area contributed by atoms with Gasteiger partial charge in [-0.3, -0.25) is 0 Å². The Morgan fingerprint density at radius 2 is 1.67 bits per heavy atom. The molecule has 0 unspecified atom stereocenters. The molecule has 0 atom stereocenters. The fraction of sp³-hybridized carbons (Fsp3) is 0.333. The molecule has 1 aromatic heterocycles. The summed E-state index contributed by atoms with van der Waals surface area (Å²) in [5, 5.41) is 4.95. The van der Waals surface area contributed by atoms with E-state index in [0.29, 0.717) is 11.4 Å².